The van der Waals surface area contributed by atoms with Crippen molar-refractivity contribution in [1.29, 1.82) is 0 Å². The Kier molecular flexibility index (Phi) is 2.35. The molecule has 0 aromatic carbocycles. The third-order valence-electron chi connectivity index (χ3n) is 3.67. The molecule has 3 heteroatoms. The van der Waals surface area contributed by atoms with E-state index in [2.05, 4.69) is 48.2 Å². The Morgan fingerprint density at radius 2 is 2.06 bits per heavy atom. The van der Waals surface area contributed by atoms with E-state index in [4.69, 9.17) is 5.10 Å². The first kappa shape index (κ1) is 10.6. The lowest BCUT2D eigenvalue weighted by Gasteiger charge is -2.06. The molecule has 1 aliphatic heterocycles. The van der Waals surface area contributed by atoms with E-state index < -0.39 is 0 Å². The molecule has 3 rings (SSSR count). The van der Waals surface area contributed by atoms with E-state index in [0.29, 0.717) is 5.92 Å². The fraction of sp³-hybridized carbons (Fsp3) is 0.500. The number of hydrogen-bond donors (Lipinski definition) is 0. The maximum atomic E-state index is 4.72. The SMILES string of the molecule is Cc1ccc2n1CCc1cc(C(C)C)nn1C2. The predicted molar refractivity (Wildman–Crippen MR) is 68.3 cm³/mol. The first-order valence-electron chi connectivity index (χ1n) is 6.37. The van der Waals surface area contributed by atoms with Crippen molar-refractivity contribution in [3.05, 3.63) is 41.0 Å². The van der Waals surface area contributed by atoms with Gasteiger partial charge < -0.3 is 4.57 Å². The third-order valence-corrected chi connectivity index (χ3v) is 3.67. The van der Waals surface area contributed by atoms with Gasteiger partial charge in [0.25, 0.3) is 0 Å². The molecule has 0 radical (unpaired) electrons. The summed E-state index contributed by atoms with van der Waals surface area (Å²) in [5, 5.41) is 4.72. The molecule has 0 unspecified atom stereocenters. The number of rotatable bonds is 1. The lowest BCUT2D eigenvalue weighted by molar-refractivity contribution is 0.631. The molecule has 0 aliphatic carbocycles. The summed E-state index contributed by atoms with van der Waals surface area (Å²) in [5.74, 6) is 0.517. The van der Waals surface area contributed by atoms with E-state index in [0.717, 1.165) is 19.5 Å². The zero-order chi connectivity index (χ0) is 12.0. The van der Waals surface area contributed by atoms with Crippen LogP contribution in [0, 0.1) is 6.92 Å². The zero-order valence-electron chi connectivity index (χ0n) is 10.8. The number of hydrogen-bond acceptors (Lipinski definition) is 1. The smallest absolute Gasteiger partial charge is 0.0814 e. The number of aryl methyl sites for hydroxylation is 2. The van der Waals surface area contributed by atoms with Crippen molar-refractivity contribution in [2.24, 2.45) is 0 Å². The highest BCUT2D eigenvalue weighted by atomic mass is 15.3. The van der Waals surface area contributed by atoms with Crippen molar-refractivity contribution >= 4 is 0 Å². The largest absolute Gasteiger partial charge is 0.347 e. The molecule has 0 saturated heterocycles. The summed E-state index contributed by atoms with van der Waals surface area (Å²) in [4.78, 5) is 0. The van der Waals surface area contributed by atoms with Gasteiger partial charge >= 0.3 is 0 Å². The maximum Gasteiger partial charge on any atom is 0.0814 e. The molecule has 0 amide bonds. The highest BCUT2D eigenvalue weighted by molar-refractivity contribution is 5.21. The summed E-state index contributed by atoms with van der Waals surface area (Å²) in [7, 11) is 0. The van der Waals surface area contributed by atoms with Gasteiger partial charge in [-0.1, -0.05) is 13.8 Å². The minimum absolute atomic E-state index is 0.517. The average molecular weight is 229 g/mol. The molecule has 0 fully saturated rings. The van der Waals surface area contributed by atoms with Gasteiger partial charge in [0.15, 0.2) is 0 Å². The molecule has 2 aromatic rings. The van der Waals surface area contributed by atoms with Crippen LogP contribution < -0.4 is 0 Å². The highest BCUT2D eigenvalue weighted by Crippen LogP contribution is 2.21. The summed E-state index contributed by atoms with van der Waals surface area (Å²) in [6.07, 6.45) is 1.09. The van der Waals surface area contributed by atoms with E-state index >= 15 is 0 Å². The van der Waals surface area contributed by atoms with E-state index in [1.807, 2.05) is 0 Å². The molecule has 0 bridgehead atoms. The predicted octanol–water partition coefficient (Wildman–Crippen LogP) is 2.72. The molecule has 0 spiro atoms. The lowest BCUT2D eigenvalue weighted by Crippen LogP contribution is -2.06. The second-order valence-electron chi connectivity index (χ2n) is 5.24. The average Bonchev–Trinajstić information content (AvgIpc) is 2.79. The number of aromatic nitrogens is 3. The third kappa shape index (κ3) is 1.70. The van der Waals surface area contributed by atoms with E-state index in [-0.39, 0.29) is 0 Å². The molecule has 0 atom stereocenters. The second-order valence-corrected chi connectivity index (χ2v) is 5.24. The first-order chi connectivity index (χ1) is 8.15. The van der Waals surface area contributed by atoms with Gasteiger partial charge in [-0.05, 0) is 31.0 Å². The molecule has 3 heterocycles. The summed E-state index contributed by atoms with van der Waals surface area (Å²) in [6, 6.07) is 6.70. The fourth-order valence-electron chi connectivity index (χ4n) is 2.56. The summed E-state index contributed by atoms with van der Waals surface area (Å²) in [5.41, 5.74) is 5.32. The van der Waals surface area contributed by atoms with Gasteiger partial charge in [-0.2, -0.15) is 5.10 Å². The van der Waals surface area contributed by atoms with E-state index in [1.165, 1.54) is 22.8 Å². The van der Waals surface area contributed by atoms with Crippen molar-refractivity contribution in [3.63, 3.8) is 0 Å². The van der Waals surface area contributed by atoms with Crippen LogP contribution in [0.5, 0.6) is 0 Å². The Morgan fingerprint density at radius 3 is 2.82 bits per heavy atom. The minimum Gasteiger partial charge on any atom is -0.347 e. The Bertz CT molecular complexity index is 546. The van der Waals surface area contributed by atoms with E-state index in [1.54, 1.807) is 0 Å². The molecular weight excluding hydrogens is 210 g/mol. The second kappa shape index (κ2) is 3.76. The zero-order valence-corrected chi connectivity index (χ0v) is 10.8. The van der Waals surface area contributed by atoms with E-state index in [9.17, 15) is 0 Å². The van der Waals surface area contributed by atoms with Gasteiger partial charge in [0.1, 0.15) is 0 Å². The van der Waals surface area contributed by atoms with Gasteiger partial charge in [-0.25, -0.2) is 0 Å². The number of nitrogens with zero attached hydrogens (tertiary/aromatic N) is 3. The van der Waals surface area contributed by atoms with Crippen molar-refractivity contribution < 1.29 is 0 Å². The molecular formula is C14H19N3. The van der Waals surface area contributed by atoms with Crippen LogP contribution in [0.25, 0.3) is 0 Å². The van der Waals surface area contributed by atoms with Crippen LogP contribution in [0.1, 0.15) is 42.5 Å². The molecule has 17 heavy (non-hydrogen) atoms. The molecule has 0 N–H and O–H groups in total. The molecule has 1 aliphatic rings. The van der Waals surface area contributed by atoms with Crippen LogP contribution in [0.3, 0.4) is 0 Å². The van der Waals surface area contributed by atoms with Gasteiger partial charge in [0, 0.05) is 30.0 Å². The molecule has 90 valence electrons. The Hall–Kier alpha value is -1.51. The molecule has 0 saturated carbocycles. The van der Waals surface area contributed by atoms with Crippen molar-refractivity contribution in [3.8, 4) is 0 Å². The lowest BCUT2D eigenvalue weighted by atomic mass is 10.1. The Labute approximate surface area is 102 Å². The van der Waals surface area contributed by atoms with Crippen LogP contribution in [-0.4, -0.2) is 14.3 Å². The first-order valence-corrected chi connectivity index (χ1v) is 6.37. The topological polar surface area (TPSA) is 22.8 Å². The van der Waals surface area contributed by atoms with Gasteiger partial charge in [-0.3, -0.25) is 4.68 Å². The molecule has 2 aromatic heterocycles. The number of fused-ring (bicyclic) bond motifs is 2. The van der Waals surface area contributed by atoms with Gasteiger partial charge in [-0.15, -0.1) is 0 Å². The van der Waals surface area contributed by atoms with Crippen LogP contribution in [0.4, 0.5) is 0 Å². The van der Waals surface area contributed by atoms with Crippen molar-refractivity contribution in [2.75, 3.05) is 0 Å². The van der Waals surface area contributed by atoms with Crippen LogP contribution in [0.2, 0.25) is 0 Å². The fourth-order valence-corrected chi connectivity index (χ4v) is 2.56. The Balaban J connectivity index is 2.01. The van der Waals surface area contributed by atoms with Crippen molar-refractivity contribution in [1.82, 2.24) is 14.3 Å². The van der Waals surface area contributed by atoms with Crippen molar-refractivity contribution in [2.45, 2.75) is 46.2 Å². The maximum absolute atomic E-state index is 4.72. The van der Waals surface area contributed by atoms with Crippen LogP contribution in [-0.2, 0) is 19.5 Å². The highest BCUT2D eigenvalue weighted by Gasteiger charge is 2.16. The normalized spacial score (nSPS) is 14.6. The summed E-state index contributed by atoms with van der Waals surface area (Å²) >= 11 is 0. The monoisotopic (exact) mass is 229 g/mol. The standard InChI is InChI=1S/C14H19N3/c1-10(2)14-8-12-6-7-16-11(3)4-5-13(16)9-17(12)15-14/h4-5,8,10H,6-7,9H2,1-3H3. The molecule has 3 nitrogen and oxygen atoms in total. The quantitative estimate of drug-likeness (QED) is 0.737. The Morgan fingerprint density at radius 1 is 1.24 bits per heavy atom. The summed E-state index contributed by atoms with van der Waals surface area (Å²) in [6.45, 7) is 8.58. The minimum atomic E-state index is 0.517. The van der Waals surface area contributed by atoms with Crippen LogP contribution >= 0.6 is 0 Å². The summed E-state index contributed by atoms with van der Waals surface area (Å²) < 4.78 is 4.58. The van der Waals surface area contributed by atoms with Gasteiger partial charge in [0.2, 0.25) is 0 Å². The van der Waals surface area contributed by atoms with Gasteiger partial charge in [0.05, 0.1) is 12.2 Å². The van der Waals surface area contributed by atoms with Crippen LogP contribution in [0.15, 0.2) is 18.2 Å².